The van der Waals surface area contributed by atoms with Crippen molar-refractivity contribution in [2.24, 2.45) is 11.6 Å². The molecule has 1 rings (SSSR count). The maximum atomic E-state index is 6.01. The predicted molar refractivity (Wildman–Crippen MR) is 66.1 cm³/mol. The average Bonchev–Trinajstić information content (AvgIpc) is 2.26. The molecule has 0 amide bonds. The molecule has 6 N–H and O–H groups in total. The molecule has 0 fully saturated rings. The highest BCUT2D eigenvalue weighted by Crippen LogP contribution is 2.30. The fraction of sp³-hybridized carbons (Fsp3) is 0.273. The number of benzene rings is 1. The minimum Gasteiger partial charge on any atom is -0.494 e. The molecule has 0 aliphatic heterocycles. The number of ether oxygens (including phenoxy) is 1. The Kier molecular flexibility index (Phi) is 3.63. The molecule has 0 bridgehead atoms. The van der Waals surface area contributed by atoms with Gasteiger partial charge in [0.2, 0.25) is 0 Å². The van der Waals surface area contributed by atoms with Crippen LogP contribution >= 0.6 is 0 Å². The number of anilines is 1. The van der Waals surface area contributed by atoms with Crippen LogP contribution in [0, 0.1) is 0 Å². The lowest BCUT2D eigenvalue weighted by atomic mass is 10.1. The van der Waals surface area contributed by atoms with Crippen molar-refractivity contribution in [3.63, 3.8) is 0 Å². The standard InChI is InChI=1S/C11H18N4O/c1-7(15(2)14)10(13)8-5-4-6-9(12)11(8)16-3/h4-6H,12-14H2,1-3H3/b10-7-. The molecule has 1 aromatic rings. The minimum absolute atomic E-state index is 0.550. The number of hydrazine groups is 1. The van der Waals surface area contributed by atoms with Crippen LogP contribution in [-0.4, -0.2) is 19.2 Å². The number of nitrogen functional groups attached to an aromatic ring is 1. The van der Waals surface area contributed by atoms with E-state index in [-0.39, 0.29) is 0 Å². The lowest BCUT2D eigenvalue weighted by Gasteiger charge is -2.18. The van der Waals surface area contributed by atoms with Crippen molar-refractivity contribution in [2.45, 2.75) is 6.92 Å². The number of rotatable bonds is 3. The van der Waals surface area contributed by atoms with E-state index in [4.69, 9.17) is 22.0 Å². The fourth-order valence-electron chi connectivity index (χ4n) is 1.38. The quantitative estimate of drug-likeness (QED) is 0.398. The van der Waals surface area contributed by atoms with Gasteiger partial charge in [-0.15, -0.1) is 0 Å². The molecule has 0 heterocycles. The van der Waals surface area contributed by atoms with Crippen LogP contribution in [0.15, 0.2) is 23.9 Å². The molecule has 5 nitrogen and oxygen atoms in total. The van der Waals surface area contributed by atoms with Gasteiger partial charge in [-0.05, 0) is 19.1 Å². The van der Waals surface area contributed by atoms with E-state index < -0.39 is 0 Å². The first-order valence-electron chi connectivity index (χ1n) is 4.86. The van der Waals surface area contributed by atoms with E-state index in [0.717, 1.165) is 11.3 Å². The number of nitrogens with two attached hydrogens (primary N) is 3. The second-order valence-corrected chi connectivity index (χ2v) is 3.54. The van der Waals surface area contributed by atoms with E-state index in [1.165, 1.54) is 5.01 Å². The fourth-order valence-corrected chi connectivity index (χ4v) is 1.38. The molecule has 88 valence electrons. The van der Waals surface area contributed by atoms with Crippen LogP contribution in [0.25, 0.3) is 5.70 Å². The third-order valence-electron chi connectivity index (χ3n) is 2.46. The third kappa shape index (κ3) is 2.20. The molecule has 0 atom stereocenters. The maximum absolute atomic E-state index is 6.01. The Labute approximate surface area is 95.4 Å². The normalized spacial score (nSPS) is 12.0. The van der Waals surface area contributed by atoms with Gasteiger partial charge in [-0.1, -0.05) is 6.07 Å². The molecule has 1 aromatic carbocycles. The van der Waals surface area contributed by atoms with Gasteiger partial charge in [-0.25, -0.2) is 5.84 Å². The van der Waals surface area contributed by atoms with Gasteiger partial charge in [0, 0.05) is 18.3 Å². The van der Waals surface area contributed by atoms with Crippen molar-refractivity contribution in [1.29, 1.82) is 0 Å². The predicted octanol–water partition coefficient (Wildman–Crippen LogP) is 0.730. The molecule has 0 spiro atoms. The number of allylic oxidation sites excluding steroid dienone is 1. The molecule has 0 aromatic heterocycles. The number of nitrogens with zero attached hydrogens (tertiary/aromatic N) is 1. The summed E-state index contributed by atoms with van der Waals surface area (Å²) in [4.78, 5) is 0. The van der Waals surface area contributed by atoms with E-state index >= 15 is 0 Å². The van der Waals surface area contributed by atoms with Gasteiger partial charge in [0.15, 0.2) is 5.75 Å². The van der Waals surface area contributed by atoms with Crippen LogP contribution in [0.2, 0.25) is 0 Å². The van der Waals surface area contributed by atoms with Gasteiger partial charge >= 0.3 is 0 Å². The highest BCUT2D eigenvalue weighted by Gasteiger charge is 2.11. The summed E-state index contributed by atoms with van der Waals surface area (Å²) in [5.41, 5.74) is 14.4. The zero-order valence-corrected chi connectivity index (χ0v) is 9.82. The van der Waals surface area contributed by atoms with Crippen molar-refractivity contribution in [3.8, 4) is 5.75 Å². The molecule has 0 aliphatic rings. The summed E-state index contributed by atoms with van der Waals surface area (Å²) in [6.45, 7) is 1.83. The summed E-state index contributed by atoms with van der Waals surface area (Å²) in [7, 11) is 3.28. The van der Waals surface area contributed by atoms with Gasteiger partial charge < -0.3 is 21.2 Å². The lowest BCUT2D eigenvalue weighted by Crippen LogP contribution is -2.26. The molecule has 0 saturated heterocycles. The summed E-state index contributed by atoms with van der Waals surface area (Å²) in [6.07, 6.45) is 0. The van der Waals surface area contributed by atoms with E-state index in [1.807, 2.05) is 19.1 Å². The Morgan fingerprint density at radius 2 is 2.00 bits per heavy atom. The molecular weight excluding hydrogens is 204 g/mol. The van der Waals surface area contributed by atoms with Crippen molar-refractivity contribution < 1.29 is 4.74 Å². The van der Waals surface area contributed by atoms with Gasteiger partial charge in [-0.3, -0.25) is 0 Å². The number of methoxy groups -OCH3 is 1. The van der Waals surface area contributed by atoms with Gasteiger partial charge in [0.1, 0.15) is 0 Å². The first kappa shape index (κ1) is 12.2. The summed E-state index contributed by atoms with van der Waals surface area (Å²) in [6, 6.07) is 5.43. The van der Waals surface area contributed by atoms with Crippen molar-refractivity contribution in [3.05, 3.63) is 29.5 Å². The van der Waals surface area contributed by atoms with E-state index in [0.29, 0.717) is 17.1 Å². The van der Waals surface area contributed by atoms with Crippen molar-refractivity contribution in [2.75, 3.05) is 19.9 Å². The molecule has 5 heteroatoms. The SMILES string of the molecule is COc1c(N)cccc1/C(N)=C(\C)N(C)N. The topological polar surface area (TPSA) is 90.5 Å². The van der Waals surface area contributed by atoms with Crippen LogP contribution in [0.3, 0.4) is 0 Å². The minimum atomic E-state index is 0.550. The van der Waals surface area contributed by atoms with E-state index in [1.54, 1.807) is 20.2 Å². The summed E-state index contributed by atoms with van der Waals surface area (Å²) in [5, 5.41) is 1.46. The van der Waals surface area contributed by atoms with Gasteiger partial charge in [-0.2, -0.15) is 0 Å². The summed E-state index contributed by atoms with van der Waals surface area (Å²) < 4.78 is 5.23. The monoisotopic (exact) mass is 222 g/mol. The Hall–Kier alpha value is -1.88. The van der Waals surface area contributed by atoms with Crippen LogP contribution in [-0.2, 0) is 0 Å². The second-order valence-electron chi connectivity index (χ2n) is 3.54. The Bertz CT molecular complexity index is 412. The van der Waals surface area contributed by atoms with Crippen molar-refractivity contribution in [1.82, 2.24) is 5.01 Å². The van der Waals surface area contributed by atoms with E-state index in [2.05, 4.69) is 0 Å². The molecular formula is C11H18N4O. The highest BCUT2D eigenvalue weighted by molar-refractivity contribution is 5.75. The summed E-state index contributed by atoms with van der Waals surface area (Å²) in [5.74, 6) is 6.20. The number of para-hydroxylation sites is 1. The first-order valence-corrected chi connectivity index (χ1v) is 4.86. The number of hydrogen-bond donors (Lipinski definition) is 3. The van der Waals surface area contributed by atoms with Gasteiger partial charge in [0.25, 0.3) is 0 Å². The van der Waals surface area contributed by atoms with E-state index in [9.17, 15) is 0 Å². The Morgan fingerprint density at radius 3 is 2.50 bits per heavy atom. The summed E-state index contributed by atoms with van der Waals surface area (Å²) >= 11 is 0. The maximum Gasteiger partial charge on any atom is 0.151 e. The van der Waals surface area contributed by atoms with Crippen LogP contribution in [0.4, 0.5) is 5.69 Å². The molecule has 0 saturated carbocycles. The van der Waals surface area contributed by atoms with Crippen LogP contribution in [0.1, 0.15) is 12.5 Å². The molecule has 16 heavy (non-hydrogen) atoms. The first-order chi connectivity index (χ1) is 7.49. The number of hydrogen-bond acceptors (Lipinski definition) is 5. The lowest BCUT2D eigenvalue weighted by molar-refractivity contribution is 0.414. The van der Waals surface area contributed by atoms with Crippen LogP contribution < -0.4 is 22.0 Å². The largest absolute Gasteiger partial charge is 0.494 e. The Morgan fingerprint density at radius 1 is 1.38 bits per heavy atom. The van der Waals surface area contributed by atoms with Crippen molar-refractivity contribution >= 4 is 11.4 Å². The molecule has 0 aliphatic carbocycles. The average molecular weight is 222 g/mol. The zero-order chi connectivity index (χ0) is 12.3. The Balaban J connectivity index is 3.34. The zero-order valence-electron chi connectivity index (χ0n) is 9.82. The second kappa shape index (κ2) is 4.76. The molecule has 0 radical (unpaired) electrons. The van der Waals surface area contributed by atoms with Gasteiger partial charge in [0.05, 0.1) is 18.5 Å². The third-order valence-corrected chi connectivity index (χ3v) is 2.46. The molecule has 0 unspecified atom stereocenters. The smallest absolute Gasteiger partial charge is 0.151 e. The van der Waals surface area contributed by atoms with Crippen LogP contribution in [0.5, 0.6) is 5.75 Å². The highest BCUT2D eigenvalue weighted by atomic mass is 16.5.